The topological polar surface area (TPSA) is 108 Å². The van der Waals surface area contributed by atoms with Gasteiger partial charge in [-0.25, -0.2) is 9.78 Å². The monoisotopic (exact) mass is 450 g/mol. The highest BCUT2D eigenvalue weighted by Crippen LogP contribution is 2.15. The molecule has 2 aromatic heterocycles. The van der Waals surface area contributed by atoms with E-state index in [0.717, 1.165) is 5.56 Å². The molecule has 0 spiro atoms. The van der Waals surface area contributed by atoms with E-state index in [2.05, 4.69) is 23.4 Å². The summed E-state index contributed by atoms with van der Waals surface area (Å²) in [6.45, 7) is 5.22. The Labute approximate surface area is 181 Å². The van der Waals surface area contributed by atoms with Gasteiger partial charge in [0.05, 0.1) is 19.5 Å². The molecule has 0 saturated heterocycles. The first-order valence-corrected chi connectivity index (χ1v) is 11.7. The molecule has 1 atom stereocenters. The van der Waals surface area contributed by atoms with Crippen molar-refractivity contribution in [1.29, 1.82) is 0 Å². The number of rotatable bonds is 9. The molecule has 170 valence electrons. The largest absolute Gasteiger partial charge is 0.332 e. The fraction of sp³-hybridized carbons (Fsp3) is 0.476. The Morgan fingerprint density at radius 2 is 1.77 bits per heavy atom. The Balaban J connectivity index is 0.000000785. The summed E-state index contributed by atoms with van der Waals surface area (Å²) in [6, 6.07) is 9.31. The van der Waals surface area contributed by atoms with E-state index in [1.54, 1.807) is 11.6 Å². The molecule has 2 heterocycles. The summed E-state index contributed by atoms with van der Waals surface area (Å²) < 4.78 is 19.5. The van der Waals surface area contributed by atoms with Crippen LogP contribution in [0.5, 0.6) is 0 Å². The number of hydrogen-bond acceptors (Lipinski definition) is 5. The van der Waals surface area contributed by atoms with Crippen molar-refractivity contribution in [2.75, 3.05) is 6.61 Å². The minimum Gasteiger partial charge on any atom is -0.326 e. The van der Waals surface area contributed by atoms with Crippen molar-refractivity contribution in [1.82, 2.24) is 18.7 Å². The zero-order valence-corrected chi connectivity index (χ0v) is 19.3. The number of nitrogens with zero attached hydrogens (tertiary/aromatic N) is 4. The van der Waals surface area contributed by atoms with Gasteiger partial charge in [-0.3, -0.25) is 18.5 Å². The first kappa shape index (κ1) is 24.8. The molecule has 0 amide bonds. The molecule has 0 aliphatic rings. The normalized spacial score (nSPS) is 11.9. The van der Waals surface area contributed by atoms with Crippen molar-refractivity contribution in [3.8, 4) is 0 Å². The highest BCUT2D eigenvalue weighted by molar-refractivity contribution is 7.32. The number of hydrogen-bond donors (Lipinski definition) is 1. The van der Waals surface area contributed by atoms with Crippen molar-refractivity contribution in [3.05, 3.63) is 63.1 Å². The summed E-state index contributed by atoms with van der Waals surface area (Å²) >= 11 is 0. The van der Waals surface area contributed by atoms with Crippen molar-refractivity contribution in [3.63, 3.8) is 0 Å². The van der Waals surface area contributed by atoms with E-state index in [4.69, 9.17) is 4.89 Å². The maximum atomic E-state index is 13.0. The van der Waals surface area contributed by atoms with Crippen molar-refractivity contribution >= 4 is 19.4 Å². The molecule has 0 saturated carbocycles. The molecule has 1 aromatic carbocycles. The second-order valence-corrected chi connectivity index (χ2v) is 7.97. The van der Waals surface area contributed by atoms with Crippen LogP contribution in [0.1, 0.15) is 45.1 Å². The fourth-order valence-corrected chi connectivity index (χ4v) is 3.26. The number of fused-ring (bicyclic) bond motifs is 1. The van der Waals surface area contributed by atoms with E-state index >= 15 is 0 Å². The Morgan fingerprint density at radius 1 is 1.10 bits per heavy atom. The number of benzene rings is 1. The van der Waals surface area contributed by atoms with Gasteiger partial charge in [-0.05, 0) is 18.4 Å². The Hall–Kier alpha value is -2.48. The predicted octanol–water partition coefficient (Wildman–Crippen LogP) is 2.93. The van der Waals surface area contributed by atoms with E-state index < -0.39 is 13.9 Å². The summed E-state index contributed by atoms with van der Waals surface area (Å²) in [6.07, 6.45) is 5.39. The van der Waals surface area contributed by atoms with Crippen LogP contribution in [-0.2, 0) is 29.2 Å². The lowest BCUT2D eigenvalue weighted by atomic mass is 10.2. The maximum Gasteiger partial charge on any atom is 0.332 e. The standard InChI is InChI=1S/C17H21N4O5P.C4H10/c1-19-15-14(20(12-18-15)9-5-6-10-26-27(24)25)16(22)21(17(19)23)11-13-7-3-2-4-8-13;1-3-4-2/h2-4,7-8,12,27H,5-6,9-11H2,1H3,(H,24,25);3-4H2,1-2H3. The van der Waals surface area contributed by atoms with Crippen LogP contribution in [0.3, 0.4) is 0 Å². The molecule has 31 heavy (non-hydrogen) atoms. The van der Waals surface area contributed by atoms with Crippen LogP contribution in [0.15, 0.2) is 46.2 Å². The molecule has 1 unspecified atom stereocenters. The average molecular weight is 450 g/mol. The third-order valence-corrected chi connectivity index (χ3v) is 5.26. The van der Waals surface area contributed by atoms with Crippen LogP contribution >= 0.6 is 8.25 Å². The zero-order valence-electron chi connectivity index (χ0n) is 18.3. The van der Waals surface area contributed by atoms with Gasteiger partial charge in [0.15, 0.2) is 11.2 Å². The highest BCUT2D eigenvalue weighted by atomic mass is 31.1. The smallest absolute Gasteiger partial charge is 0.326 e. The maximum absolute atomic E-state index is 13.0. The van der Waals surface area contributed by atoms with Crippen LogP contribution in [0.4, 0.5) is 0 Å². The molecule has 3 aromatic rings. The van der Waals surface area contributed by atoms with Crippen LogP contribution < -0.4 is 11.2 Å². The molecule has 10 heteroatoms. The van der Waals surface area contributed by atoms with Gasteiger partial charge in [-0.1, -0.05) is 57.0 Å². The molecular weight excluding hydrogens is 419 g/mol. The summed E-state index contributed by atoms with van der Waals surface area (Å²) in [5.74, 6) is 0. The number of aromatic nitrogens is 4. The van der Waals surface area contributed by atoms with Gasteiger partial charge in [0.25, 0.3) is 5.56 Å². The Morgan fingerprint density at radius 3 is 2.39 bits per heavy atom. The molecule has 1 N–H and O–H groups in total. The number of imidazole rings is 1. The van der Waals surface area contributed by atoms with Gasteiger partial charge in [-0.2, -0.15) is 0 Å². The van der Waals surface area contributed by atoms with E-state index in [9.17, 15) is 14.2 Å². The van der Waals surface area contributed by atoms with Crippen molar-refractivity contribution in [2.24, 2.45) is 7.05 Å². The second kappa shape index (κ2) is 12.4. The van der Waals surface area contributed by atoms with Gasteiger partial charge in [0.1, 0.15) is 0 Å². The van der Waals surface area contributed by atoms with E-state index in [1.807, 2.05) is 30.3 Å². The van der Waals surface area contributed by atoms with Crippen LogP contribution in [0.2, 0.25) is 0 Å². The predicted molar refractivity (Wildman–Crippen MR) is 122 cm³/mol. The third-order valence-electron chi connectivity index (χ3n) is 4.80. The second-order valence-electron chi connectivity index (χ2n) is 7.15. The van der Waals surface area contributed by atoms with Gasteiger partial charge < -0.3 is 14.0 Å². The van der Waals surface area contributed by atoms with Crippen LogP contribution in [0.25, 0.3) is 11.2 Å². The molecule has 0 bridgehead atoms. The van der Waals surface area contributed by atoms with Gasteiger partial charge in [-0.15, -0.1) is 0 Å². The molecule has 0 aliphatic carbocycles. The number of unbranched alkanes of at least 4 members (excludes halogenated alkanes) is 2. The molecule has 0 fully saturated rings. The lowest BCUT2D eigenvalue weighted by Gasteiger charge is -2.10. The van der Waals surface area contributed by atoms with Gasteiger partial charge in [0.2, 0.25) is 0 Å². The average Bonchev–Trinajstić information content (AvgIpc) is 3.20. The third kappa shape index (κ3) is 6.75. The summed E-state index contributed by atoms with van der Waals surface area (Å²) in [5, 5.41) is 0. The minimum absolute atomic E-state index is 0.178. The zero-order chi connectivity index (χ0) is 22.8. The lowest BCUT2D eigenvalue weighted by Crippen LogP contribution is -2.40. The quantitative estimate of drug-likeness (QED) is 0.397. The van der Waals surface area contributed by atoms with Crippen molar-refractivity contribution < 1.29 is 14.0 Å². The first-order chi connectivity index (χ1) is 14.9. The molecule has 9 nitrogen and oxygen atoms in total. The van der Waals surface area contributed by atoms with Crippen molar-refractivity contribution in [2.45, 2.75) is 52.6 Å². The van der Waals surface area contributed by atoms with Gasteiger partial charge >= 0.3 is 13.9 Å². The van der Waals surface area contributed by atoms with E-state index in [-0.39, 0.29) is 18.7 Å². The Bertz CT molecular complexity index is 1100. The highest BCUT2D eigenvalue weighted by Gasteiger charge is 2.16. The molecule has 3 rings (SSSR count). The SMILES string of the molecule is CCCC.Cn1c(=O)n(Cc2ccccc2)c(=O)c2c1ncn2CCCCO[PH](=O)O. The first-order valence-electron chi connectivity index (χ1n) is 10.4. The molecule has 0 radical (unpaired) electrons. The minimum atomic E-state index is -2.92. The van der Waals surface area contributed by atoms with E-state index in [0.29, 0.717) is 30.6 Å². The summed E-state index contributed by atoms with van der Waals surface area (Å²) in [4.78, 5) is 38.4. The summed E-state index contributed by atoms with van der Waals surface area (Å²) in [5.41, 5.74) is 0.767. The lowest BCUT2D eigenvalue weighted by molar-refractivity contribution is 0.273. The summed E-state index contributed by atoms with van der Waals surface area (Å²) in [7, 11) is -1.32. The number of aryl methyl sites for hydroxylation is 2. The van der Waals surface area contributed by atoms with E-state index in [1.165, 1.54) is 28.3 Å². The fourth-order valence-electron chi connectivity index (χ4n) is 2.94. The molecule has 0 aliphatic heterocycles. The molecular formula is C21H31N4O5P. The van der Waals surface area contributed by atoms with Crippen LogP contribution in [-0.4, -0.2) is 30.2 Å². The van der Waals surface area contributed by atoms with Gasteiger partial charge in [0, 0.05) is 13.6 Å². The van der Waals surface area contributed by atoms with Crippen LogP contribution in [0, 0.1) is 0 Å². The Kier molecular flexibility index (Phi) is 9.91.